The van der Waals surface area contributed by atoms with Gasteiger partial charge >= 0.3 is 0 Å². The molecule has 3 amide bonds. The highest BCUT2D eigenvalue weighted by Gasteiger charge is 2.37. The summed E-state index contributed by atoms with van der Waals surface area (Å²) in [4.78, 5) is 38.7. The van der Waals surface area contributed by atoms with Gasteiger partial charge in [-0.15, -0.1) is 0 Å². The predicted molar refractivity (Wildman–Crippen MR) is 76.4 cm³/mol. The van der Waals surface area contributed by atoms with Crippen molar-refractivity contribution < 1.29 is 18.8 Å². The van der Waals surface area contributed by atoms with Crippen LogP contribution in [0.4, 0.5) is 4.39 Å². The third-order valence-corrected chi connectivity index (χ3v) is 4.31. The molecule has 0 bridgehead atoms. The van der Waals surface area contributed by atoms with Crippen molar-refractivity contribution in [3.63, 3.8) is 0 Å². The summed E-state index contributed by atoms with van der Waals surface area (Å²) in [6, 6.07) is 5.78. The second-order valence-electron chi connectivity index (χ2n) is 5.66. The van der Waals surface area contributed by atoms with Crippen molar-refractivity contribution in [2.24, 2.45) is 0 Å². The number of halogens is 1. The highest BCUT2D eigenvalue weighted by Crippen LogP contribution is 2.24. The number of hydrogen-bond donors (Lipinski definition) is 0. The zero-order valence-corrected chi connectivity index (χ0v) is 12.1. The summed E-state index contributed by atoms with van der Waals surface area (Å²) in [5, 5.41) is 0. The fourth-order valence-corrected chi connectivity index (χ4v) is 3.13. The summed E-state index contributed by atoms with van der Waals surface area (Å²) in [6.07, 6.45) is 1.68. The van der Waals surface area contributed by atoms with Gasteiger partial charge in [0.15, 0.2) is 0 Å². The minimum absolute atomic E-state index is 0.0641. The van der Waals surface area contributed by atoms with E-state index in [1.807, 2.05) is 0 Å². The Hall–Kier alpha value is -2.24. The molecule has 0 saturated carbocycles. The third kappa shape index (κ3) is 2.61. The lowest BCUT2D eigenvalue weighted by atomic mass is 10.0. The predicted octanol–water partition coefficient (Wildman–Crippen LogP) is 1.58. The fourth-order valence-electron chi connectivity index (χ4n) is 3.13. The van der Waals surface area contributed by atoms with Gasteiger partial charge in [-0.2, -0.15) is 0 Å². The number of nitrogens with zero attached hydrogens (tertiary/aromatic N) is 2. The van der Waals surface area contributed by atoms with Crippen molar-refractivity contribution in [1.82, 2.24) is 9.80 Å². The summed E-state index contributed by atoms with van der Waals surface area (Å²) in [5.74, 6) is -1.11. The van der Waals surface area contributed by atoms with Gasteiger partial charge in [-0.3, -0.25) is 19.3 Å². The van der Waals surface area contributed by atoms with Crippen molar-refractivity contribution >= 4 is 17.7 Å². The Balaban J connectivity index is 1.65. The Morgan fingerprint density at radius 2 is 1.64 bits per heavy atom. The van der Waals surface area contributed by atoms with Crippen LogP contribution in [0, 0.1) is 5.82 Å². The molecule has 5 nitrogen and oxygen atoms in total. The maximum Gasteiger partial charge on any atom is 0.256 e. The summed E-state index contributed by atoms with van der Waals surface area (Å²) in [5.41, 5.74) is 0.0641. The summed E-state index contributed by atoms with van der Waals surface area (Å²) < 4.78 is 13.7. The molecule has 0 spiro atoms. The van der Waals surface area contributed by atoms with Crippen LogP contribution in [0.2, 0.25) is 0 Å². The first-order valence-electron chi connectivity index (χ1n) is 7.46. The molecule has 2 aliphatic rings. The quantitative estimate of drug-likeness (QED) is 0.780. The molecule has 2 saturated heterocycles. The molecule has 1 aromatic carbocycles. The van der Waals surface area contributed by atoms with Gasteiger partial charge < -0.3 is 4.90 Å². The van der Waals surface area contributed by atoms with E-state index in [1.54, 1.807) is 17.0 Å². The minimum atomic E-state index is -0.528. The SMILES string of the molecule is O=C(c1ccccc1F)N1CCC(N2C(=O)CCC2=O)CC1. The van der Waals surface area contributed by atoms with E-state index in [0.717, 1.165) is 0 Å². The van der Waals surface area contributed by atoms with Crippen LogP contribution in [-0.2, 0) is 9.59 Å². The molecule has 116 valence electrons. The Bertz CT molecular complexity index is 608. The van der Waals surface area contributed by atoms with Crippen molar-refractivity contribution in [3.05, 3.63) is 35.6 Å². The second kappa shape index (κ2) is 5.87. The maximum absolute atomic E-state index is 13.7. The lowest BCUT2D eigenvalue weighted by Gasteiger charge is -2.35. The fraction of sp³-hybridized carbons (Fsp3) is 0.438. The second-order valence-corrected chi connectivity index (χ2v) is 5.66. The molecule has 2 heterocycles. The number of carbonyl (C=O) groups is 3. The number of rotatable bonds is 2. The first-order valence-corrected chi connectivity index (χ1v) is 7.46. The van der Waals surface area contributed by atoms with E-state index in [4.69, 9.17) is 0 Å². The zero-order chi connectivity index (χ0) is 15.7. The summed E-state index contributed by atoms with van der Waals surface area (Å²) in [6.45, 7) is 0.851. The van der Waals surface area contributed by atoms with Crippen molar-refractivity contribution in [2.75, 3.05) is 13.1 Å². The van der Waals surface area contributed by atoms with Crippen LogP contribution < -0.4 is 0 Å². The molecule has 0 unspecified atom stereocenters. The Kier molecular flexibility index (Phi) is 3.92. The van der Waals surface area contributed by atoms with Crippen LogP contribution in [0.25, 0.3) is 0 Å². The van der Waals surface area contributed by atoms with Gasteiger partial charge in [-0.25, -0.2) is 4.39 Å². The van der Waals surface area contributed by atoms with E-state index < -0.39 is 5.82 Å². The molecule has 3 rings (SSSR count). The first kappa shape index (κ1) is 14.7. The number of imide groups is 1. The number of hydrogen-bond acceptors (Lipinski definition) is 3. The maximum atomic E-state index is 13.7. The molecular weight excluding hydrogens is 287 g/mol. The lowest BCUT2D eigenvalue weighted by molar-refractivity contribution is -0.141. The molecular formula is C16H17FN2O3. The molecule has 0 aromatic heterocycles. The summed E-state index contributed by atoms with van der Waals surface area (Å²) in [7, 11) is 0. The van der Waals surface area contributed by atoms with Crippen LogP contribution in [0.3, 0.4) is 0 Å². The van der Waals surface area contributed by atoms with E-state index >= 15 is 0 Å². The molecule has 2 fully saturated rings. The normalized spacial score (nSPS) is 19.9. The Morgan fingerprint density at radius 3 is 2.23 bits per heavy atom. The van der Waals surface area contributed by atoms with Gasteiger partial charge in [0.2, 0.25) is 11.8 Å². The number of amides is 3. The zero-order valence-electron chi connectivity index (χ0n) is 12.1. The van der Waals surface area contributed by atoms with Gasteiger partial charge in [-0.1, -0.05) is 12.1 Å². The average Bonchev–Trinajstić information content (AvgIpc) is 2.86. The molecule has 6 heteroatoms. The molecule has 2 aliphatic heterocycles. The van der Waals surface area contributed by atoms with Crippen molar-refractivity contribution in [2.45, 2.75) is 31.7 Å². The molecule has 1 aromatic rings. The van der Waals surface area contributed by atoms with Gasteiger partial charge in [-0.05, 0) is 25.0 Å². The van der Waals surface area contributed by atoms with E-state index in [1.165, 1.54) is 17.0 Å². The van der Waals surface area contributed by atoms with Crippen LogP contribution in [0.15, 0.2) is 24.3 Å². The largest absolute Gasteiger partial charge is 0.338 e. The average molecular weight is 304 g/mol. The van der Waals surface area contributed by atoms with Gasteiger partial charge in [0, 0.05) is 32.0 Å². The Labute approximate surface area is 127 Å². The van der Waals surface area contributed by atoms with Crippen LogP contribution >= 0.6 is 0 Å². The van der Waals surface area contributed by atoms with Gasteiger partial charge in [0.05, 0.1) is 5.56 Å². The lowest BCUT2D eigenvalue weighted by Crippen LogP contribution is -2.48. The first-order chi connectivity index (χ1) is 10.6. The number of carbonyl (C=O) groups excluding carboxylic acids is 3. The third-order valence-electron chi connectivity index (χ3n) is 4.31. The van der Waals surface area contributed by atoms with Crippen LogP contribution in [-0.4, -0.2) is 46.7 Å². The highest BCUT2D eigenvalue weighted by atomic mass is 19.1. The topological polar surface area (TPSA) is 57.7 Å². The van der Waals surface area contributed by atoms with Gasteiger partial charge in [0.25, 0.3) is 5.91 Å². The smallest absolute Gasteiger partial charge is 0.256 e. The Morgan fingerprint density at radius 1 is 1.05 bits per heavy atom. The highest BCUT2D eigenvalue weighted by molar-refractivity contribution is 6.02. The number of benzene rings is 1. The summed E-state index contributed by atoms with van der Waals surface area (Å²) >= 11 is 0. The van der Waals surface area contributed by atoms with E-state index in [0.29, 0.717) is 25.9 Å². The van der Waals surface area contributed by atoms with Crippen molar-refractivity contribution in [1.29, 1.82) is 0 Å². The molecule has 0 radical (unpaired) electrons. The van der Waals surface area contributed by atoms with E-state index in [2.05, 4.69) is 0 Å². The van der Waals surface area contributed by atoms with E-state index in [9.17, 15) is 18.8 Å². The van der Waals surface area contributed by atoms with Gasteiger partial charge in [0.1, 0.15) is 5.82 Å². The molecule has 0 atom stereocenters. The molecule has 0 N–H and O–H groups in total. The number of piperidine rings is 1. The minimum Gasteiger partial charge on any atom is -0.338 e. The van der Waals surface area contributed by atoms with Crippen LogP contribution in [0.5, 0.6) is 0 Å². The van der Waals surface area contributed by atoms with Crippen molar-refractivity contribution in [3.8, 4) is 0 Å². The molecule has 0 aliphatic carbocycles. The molecule has 22 heavy (non-hydrogen) atoms. The standard InChI is InChI=1S/C16H17FN2O3/c17-13-4-2-1-3-12(13)16(22)18-9-7-11(8-10-18)19-14(20)5-6-15(19)21/h1-4,11H,5-10H2. The number of likely N-dealkylation sites (tertiary alicyclic amines) is 2. The monoisotopic (exact) mass is 304 g/mol. The van der Waals surface area contributed by atoms with Crippen LogP contribution in [0.1, 0.15) is 36.0 Å². The van der Waals surface area contributed by atoms with E-state index in [-0.39, 0.29) is 42.2 Å².